The Morgan fingerprint density at radius 1 is 1.50 bits per heavy atom. The van der Waals surface area contributed by atoms with Gasteiger partial charge in [-0.2, -0.15) is 5.10 Å². The van der Waals surface area contributed by atoms with Crippen molar-refractivity contribution < 1.29 is 0 Å². The first-order valence-corrected chi connectivity index (χ1v) is 6.37. The van der Waals surface area contributed by atoms with Crippen LogP contribution in [0.25, 0.3) is 5.52 Å². The van der Waals surface area contributed by atoms with Crippen LogP contribution in [0.4, 0.5) is 5.82 Å². The zero-order valence-electron chi connectivity index (χ0n) is 11.3. The van der Waals surface area contributed by atoms with E-state index in [0.717, 1.165) is 29.9 Å². The molecule has 0 aromatic carbocycles. The zero-order chi connectivity index (χ0) is 13.2. The summed E-state index contributed by atoms with van der Waals surface area (Å²) in [6.45, 7) is 6.98. The van der Waals surface area contributed by atoms with Crippen LogP contribution >= 0.6 is 0 Å². The highest BCUT2D eigenvalue weighted by Gasteiger charge is 2.22. The van der Waals surface area contributed by atoms with Crippen LogP contribution < -0.4 is 11.1 Å². The molecular weight excluding hydrogens is 226 g/mol. The molecule has 98 valence electrons. The Hall–Kier alpha value is -1.62. The van der Waals surface area contributed by atoms with E-state index >= 15 is 0 Å². The maximum absolute atomic E-state index is 5.68. The Morgan fingerprint density at radius 3 is 2.94 bits per heavy atom. The van der Waals surface area contributed by atoms with Gasteiger partial charge in [-0.3, -0.25) is 0 Å². The van der Waals surface area contributed by atoms with Crippen LogP contribution in [0.5, 0.6) is 0 Å². The summed E-state index contributed by atoms with van der Waals surface area (Å²) in [4.78, 5) is 4.42. The number of nitrogens with zero attached hydrogens (tertiary/aromatic N) is 3. The summed E-state index contributed by atoms with van der Waals surface area (Å²) >= 11 is 0. The molecule has 0 bridgehead atoms. The quantitative estimate of drug-likeness (QED) is 0.847. The summed E-state index contributed by atoms with van der Waals surface area (Å²) in [5, 5.41) is 7.90. The molecule has 1 unspecified atom stereocenters. The fourth-order valence-corrected chi connectivity index (χ4v) is 2.07. The van der Waals surface area contributed by atoms with Crippen molar-refractivity contribution in [1.82, 2.24) is 14.6 Å². The highest BCUT2D eigenvalue weighted by molar-refractivity contribution is 5.68. The van der Waals surface area contributed by atoms with Gasteiger partial charge in [0.25, 0.3) is 0 Å². The van der Waals surface area contributed by atoms with Crippen molar-refractivity contribution in [3.05, 3.63) is 24.2 Å². The number of aryl methyl sites for hydroxylation is 1. The summed E-state index contributed by atoms with van der Waals surface area (Å²) in [5.74, 6) is 0.871. The van der Waals surface area contributed by atoms with Gasteiger partial charge in [0.2, 0.25) is 0 Å². The lowest BCUT2D eigenvalue weighted by molar-refractivity contribution is 0.462. The number of fused-ring (bicyclic) bond motifs is 1. The second-order valence-corrected chi connectivity index (χ2v) is 4.97. The van der Waals surface area contributed by atoms with Crippen molar-refractivity contribution in [1.29, 1.82) is 0 Å². The average Bonchev–Trinajstić information content (AvgIpc) is 2.71. The summed E-state index contributed by atoms with van der Waals surface area (Å²) in [6.07, 6.45) is 5.54. The Labute approximate surface area is 107 Å². The molecule has 1 atom stereocenters. The lowest BCUT2D eigenvalue weighted by Gasteiger charge is -2.30. The molecule has 0 saturated carbocycles. The van der Waals surface area contributed by atoms with E-state index in [1.165, 1.54) is 0 Å². The molecule has 0 radical (unpaired) electrons. The highest BCUT2D eigenvalue weighted by Crippen LogP contribution is 2.23. The molecule has 0 aliphatic carbocycles. The molecule has 2 aromatic heterocycles. The van der Waals surface area contributed by atoms with Gasteiger partial charge in [0.05, 0.1) is 5.69 Å². The van der Waals surface area contributed by atoms with Gasteiger partial charge in [-0.15, -0.1) is 0 Å². The SMILES string of the molecule is CCC(C)(CCN)Nc1nccn2nc(C)cc12. The maximum atomic E-state index is 5.68. The molecule has 0 aliphatic rings. The third-order valence-corrected chi connectivity index (χ3v) is 3.41. The van der Waals surface area contributed by atoms with Crippen LogP contribution in [0.2, 0.25) is 0 Å². The molecule has 0 aliphatic heterocycles. The standard InChI is InChI=1S/C13H21N5/c1-4-13(3,5-6-14)16-12-11-9-10(2)17-18(11)8-7-15-12/h7-9H,4-6,14H2,1-3H3,(H,15,16). The van der Waals surface area contributed by atoms with E-state index in [4.69, 9.17) is 5.73 Å². The van der Waals surface area contributed by atoms with Gasteiger partial charge in [-0.25, -0.2) is 9.50 Å². The predicted molar refractivity (Wildman–Crippen MR) is 73.7 cm³/mol. The van der Waals surface area contributed by atoms with Gasteiger partial charge in [0, 0.05) is 17.9 Å². The zero-order valence-corrected chi connectivity index (χ0v) is 11.3. The van der Waals surface area contributed by atoms with E-state index in [2.05, 4.69) is 29.2 Å². The van der Waals surface area contributed by atoms with Crippen molar-refractivity contribution in [3.63, 3.8) is 0 Å². The smallest absolute Gasteiger partial charge is 0.152 e. The lowest BCUT2D eigenvalue weighted by Crippen LogP contribution is -2.36. The molecule has 2 aromatic rings. The lowest BCUT2D eigenvalue weighted by atomic mass is 9.94. The van der Waals surface area contributed by atoms with Crippen LogP contribution in [0.1, 0.15) is 32.4 Å². The van der Waals surface area contributed by atoms with Gasteiger partial charge in [0.1, 0.15) is 5.52 Å². The third kappa shape index (κ3) is 2.46. The minimum absolute atomic E-state index is 0.0260. The van der Waals surface area contributed by atoms with E-state index in [-0.39, 0.29) is 5.54 Å². The molecule has 2 rings (SSSR count). The molecule has 0 saturated heterocycles. The van der Waals surface area contributed by atoms with Crippen molar-refractivity contribution >= 4 is 11.3 Å². The molecule has 2 heterocycles. The molecule has 5 nitrogen and oxygen atoms in total. The first-order chi connectivity index (χ1) is 8.58. The Bertz CT molecular complexity index is 533. The Kier molecular flexibility index (Phi) is 3.52. The second kappa shape index (κ2) is 4.94. The number of rotatable bonds is 5. The predicted octanol–water partition coefficient (Wildman–Crippen LogP) is 1.97. The molecule has 5 heteroatoms. The molecule has 0 spiro atoms. The first-order valence-electron chi connectivity index (χ1n) is 6.37. The number of aromatic nitrogens is 3. The van der Waals surface area contributed by atoms with E-state index in [9.17, 15) is 0 Å². The van der Waals surface area contributed by atoms with Gasteiger partial charge >= 0.3 is 0 Å². The van der Waals surface area contributed by atoms with Gasteiger partial charge in [-0.1, -0.05) is 6.92 Å². The van der Waals surface area contributed by atoms with Gasteiger partial charge in [-0.05, 0) is 39.3 Å². The van der Waals surface area contributed by atoms with Crippen LogP contribution in [0.15, 0.2) is 18.5 Å². The molecule has 0 amide bonds. The van der Waals surface area contributed by atoms with E-state index < -0.39 is 0 Å². The highest BCUT2D eigenvalue weighted by atomic mass is 15.2. The van der Waals surface area contributed by atoms with Crippen molar-refractivity contribution in [3.8, 4) is 0 Å². The monoisotopic (exact) mass is 247 g/mol. The fourth-order valence-electron chi connectivity index (χ4n) is 2.07. The number of hydrogen-bond donors (Lipinski definition) is 2. The van der Waals surface area contributed by atoms with Crippen LogP contribution in [0, 0.1) is 6.92 Å². The topological polar surface area (TPSA) is 68.2 Å². The Balaban J connectivity index is 2.36. The normalized spacial score (nSPS) is 14.7. The first kappa shape index (κ1) is 12.8. The van der Waals surface area contributed by atoms with E-state index in [1.54, 1.807) is 6.20 Å². The van der Waals surface area contributed by atoms with Crippen molar-refractivity contribution in [2.24, 2.45) is 5.73 Å². The van der Waals surface area contributed by atoms with Gasteiger partial charge in [0.15, 0.2) is 5.82 Å². The average molecular weight is 247 g/mol. The molecule has 0 fully saturated rings. The Morgan fingerprint density at radius 2 is 2.28 bits per heavy atom. The number of anilines is 1. The minimum atomic E-state index is -0.0260. The van der Waals surface area contributed by atoms with Crippen LogP contribution in [0.3, 0.4) is 0 Å². The van der Waals surface area contributed by atoms with E-state index in [0.29, 0.717) is 6.54 Å². The molecule has 18 heavy (non-hydrogen) atoms. The molecule has 3 N–H and O–H groups in total. The van der Waals surface area contributed by atoms with E-state index in [1.807, 2.05) is 23.7 Å². The van der Waals surface area contributed by atoms with Crippen molar-refractivity contribution in [2.75, 3.05) is 11.9 Å². The fraction of sp³-hybridized carbons (Fsp3) is 0.538. The minimum Gasteiger partial charge on any atom is -0.363 e. The second-order valence-electron chi connectivity index (χ2n) is 4.97. The van der Waals surface area contributed by atoms with Crippen LogP contribution in [-0.4, -0.2) is 26.7 Å². The maximum Gasteiger partial charge on any atom is 0.152 e. The number of nitrogens with one attached hydrogen (secondary N) is 1. The van der Waals surface area contributed by atoms with Crippen molar-refractivity contribution in [2.45, 2.75) is 39.2 Å². The number of nitrogens with two attached hydrogens (primary N) is 1. The summed E-state index contributed by atoms with van der Waals surface area (Å²) in [6, 6.07) is 2.04. The van der Waals surface area contributed by atoms with Gasteiger partial charge < -0.3 is 11.1 Å². The third-order valence-electron chi connectivity index (χ3n) is 3.41. The largest absolute Gasteiger partial charge is 0.363 e. The van der Waals surface area contributed by atoms with Crippen LogP contribution in [-0.2, 0) is 0 Å². The summed E-state index contributed by atoms with van der Waals surface area (Å²) in [5.41, 5.74) is 7.65. The summed E-state index contributed by atoms with van der Waals surface area (Å²) < 4.78 is 1.85. The summed E-state index contributed by atoms with van der Waals surface area (Å²) in [7, 11) is 0. The number of hydrogen-bond acceptors (Lipinski definition) is 4. The molecular formula is C13H21N5.